The minimum absolute atomic E-state index is 0. The van der Waals surface area contributed by atoms with E-state index in [0.29, 0.717) is 0 Å². The first kappa shape index (κ1) is 34.2. The van der Waals surface area contributed by atoms with Gasteiger partial charge in [-0.05, 0) is 69.6 Å². The van der Waals surface area contributed by atoms with Crippen molar-refractivity contribution in [3.63, 3.8) is 0 Å². The predicted octanol–water partition coefficient (Wildman–Crippen LogP) is 11.3. The molecule has 238 valence electrons. The second kappa shape index (κ2) is 14.3. The van der Waals surface area contributed by atoms with Gasteiger partial charge in [0.25, 0.3) is 0 Å². The molecule has 0 atom stereocenters. The van der Waals surface area contributed by atoms with Crippen LogP contribution >= 0.6 is 0 Å². The molecule has 4 aromatic carbocycles. The first-order valence-corrected chi connectivity index (χ1v) is 19.7. The molecule has 0 spiro atoms. The van der Waals surface area contributed by atoms with Crippen molar-refractivity contribution in [1.82, 2.24) is 9.97 Å². The molecular formula is C42H41N3PtSi. The van der Waals surface area contributed by atoms with E-state index in [1.54, 1.807) is 0 Å². The third kappa shape index (κ3) is 8.25. The fourth-order valence-corrected chi connectivity index (χ4v) is 7.39. The van der Waals surface area contributed by atoms with Crippen LogP contribution in [0, 0.1) is 12.1 Å². The summed E-state index contributed by atoms with van der Waals surface area (Å²) in [5.74, 6) is 0. The molecule has 0 fully saturated rings. The summed E-state index contributed by atoms with van der Waals surface area (Å²) in [7, 11) is -1.28. The summed E-state index contributed by atoms with van der Waals surface area (Å²) in [6.07, 6.45) is 3.78. The molecule has 0 aliphatic rings. The van der Waals surface area contributed by atoms with E-state index in [4.69, 9.17) is 9.97 Å². The number of benzene rings is 4. The molecule has 47 heavy (non-hydrogen) atoms. The Bertz CT molecular complexity index is 1940. The van der Waals surface area contributed by atoms with Crippen LogP contribution in [0.5, 0.6) is 0 Å². The summed E-state index contributed by atoms with van der Waals surface area (Å²) in [4.78, 5) is 11.7. The molecule has 6 rings (SSSR count). The molecule has 0 radical (unpaired) electrons. The van der Waals surface area contributed by atoms with Crippen LogP contribution in [0.3, 0.4) is 0 Å². The molecule has 0 aliphatic heterocycles. The molecule has 2 aromatic heterocycles. The number of para-hydroxylation sites is 1. The van der Waals surface area contributed by atoms with Crippen LogP contribution in [0.15, 0.2) is 128 Å². The van der Waals surface area contributed by atoms with Crippen molar-refractivity contribution in [2.45, 2.75) is 51.9 Å². The van der Waals surface area contributed by atoms with E-state index in [9.17, 15) is 0 Å². The molecule has 0 N–H and O–H groups in total. The van der Waals surface area contributed by atoms with Crippen LogP contribution in [-0.2, 0) is 32.5 Å². The van der Waals surface area contributed by atoms with Gasteiger partial charge in [0.1, 0.15) is 0 Å². The van der Waals surface area contributed by atoms with Crippen molar-refractivity contribution in [2.24, 2.45) is 0 Å². The van der Waals surface area contributed by atoms with Crippen LogP contribution in [0.25, 0.3) is 33.6 Å². The molecule has 3 nitrogen and oxygen atoms in total. The SMILES string of the molecule is CC(C)(C)c1ccccc1-c1cc(-c2ccccn2)[c-]c(N(c2[c-]c(-c3cc(C[Si](C)(C)C)ccn3)ccc2)c2ccccc2)c1.[Pt+2]. The molecule has 0 saturated heterocycles. The smallest absolute Gasteiger partial charge is 0.346 e. The summed E-state index contributed by atoms with van der Waals surface area (Å²) < 4.78 is 0. The first-order chi connectivity index (χ1) is 22.0. The van der Waals surface area contributed by atoms with Crippen molar-refractivity contribution in [1.29, 1.82) is 0 Å². The fourth-order valence-electron chi connectivity index (χ4n) is 5.95. The molecular weight excluding hydrogens is 770 g/mol. The Hall–Kier alpha value is -4.11. The zero-order valence-electron chi connectivity index (χ0n) is 28.0. The number of hydrogen-bond acceptors (Lipinski definition) is 3. The summed E-state index contributed by atoms with van der Waals surface area (Å²) in [6.45, 7) is 14.0. The standard InChI is InChI=1S/C42H41N3Si.Pt/c1-42(2,3)39-20-11-10-19-38(39)33-26-34(40-21-12-13-23-43-40)29-37(28-33)45(35-16-8-7-9-17-35)36-18-14-15-32(27-36)41-25-31(22-24-44-41)30-46(4,5)6;/h7-26,28H,30H2,1-6H3;/q-2;+2. The van der Waals surface area contributed by atoms with Crippen molar-refractivity contribution in [2.75, 3.05) is 4.90 Å². The van der Waals surface area contributed by atoms with Gasteiger partial charge in [0.05, 0.1) is 0 Å². The Morgan fingerprint density at radius 1 is 0.638 bits per heavy atom. The zero-order valence-corrected chi connectivity index (χ0v) is 31.3. The summed E-state index contributed by atoms with van der Waals surface area (Å²) in [5.41, 5.74) is 11.5. The van der Waals surface area contributed by atoms with Crippen LogP contribution in [0.1, 0.15) is 31.9 Å². The number of anilines is 3. The van der Waals surface area contributed by atoms with Crippen molar-refractivity contribution >= 4 is 25.1 Å². The van der Waals surface area contributed by atoms with E-state index < -0.39 is 8.07 Å². The Labute approximate surface area is 296 Å². The monoisotopic (exact) mass is 810 g/mol. The summed E-state index contributed by atoms with van der Waals surface area (Å²) in [5, 5.41) is 0. The van der Waals surface area contributed by atoms with Gasteiger partial charge in [-0.25, -0.2) is 0 Å². The number of pyridine rings is 2. The normalized spacial score (nSPS) is 11.5. The van der Waals surface area contributed by atoms with Gasteiger partial charge in [-0.2, -0.15) is 0 Å². The van der Waals surface area contributed by atoms with Crippen LogP contribution in [0.4, 0.5) is 17.1 Å². The summed E-state index contributed by atoms with van der Waals surface area (Å²) >= 11 is 0. The van der Waals surface area contributed by atoms with Gasteiger partial charge in [-0.3, -0.25) is 0 Å². The minimum Gasteiger partial charge on any atom is -0.346 e. The fraction of sp³-hybridized carbons (Fsp3) is 0.190. The third-order valence-electron chi connectivity index (χ3n) is 7.95. The van der Waals surface area contributed by atoms with E-state index >= 15 is 0 Å². The van der Waals surface area contributed by atoms with Gasteiger partial charge < -0.3 is 14.9 Å². The maximum absolute atomic E-state index is 4.78. The Morgan fingerprint density at radius 3 is 2.06 bits per heavy atom. The number of nitrogens with zero attached hydrogens (tertiary/aromatic N) is 3. The first-order valence-electron chi connectivity index (χ1n) is 16.0. The van der Waals surface area contributed by atoms with E-state index in [0.717, 1.165) is 51.2 Å². The molecule has 0 amide bonds. The van der Waals surface area contributed by atoms with E-state index in [-0.39, 0.29) is 26.5 Å². The third-order valence-corrected chi connectivity index (χ3v) is 9.42. The van der Waals surface area contributed by atoms with Gasteiger partial charge in [-0.15, -0.1) is 53.6 Å². The van der Waals surface area contributed by atoms with Gasteiger partial charge in [0, 0.05) is 26.2 Å². The second-order valence-corrected chi connectivity index (χ2v) is 19.6. The molecule has 0 aliphatic carbocycles. The Morgan fingerprint density at radius 2 is 1.34 bits per heavy atom. The van der Waals surface area contributed by atoms with E-state index in [1.165, 1.54) is 16.7 Å². The Balaban J connectivity index is 0.00000433. The molecule has 5 heteroatoms. The topological polar surface area (TPSA) is 29.0 Å². The van der Waals surface area contributed by atoms with Gasteiger partial charge in [0.15, 0.2) is 0 Å². The van der Waals surface area contributed by atoms with Gasteiger partial charge in [-0.1, -0.05) is 112 Å². The maximum Gasteiger partial charge on any atom is 2.00 e. The van der Waals surface area contributed by atoms with E-state index in [1.807, 2.05) is 30.6 Å². The van der Waals surface area contributed by atoms with Crippen LogP contribution in [-0.4, -0.2) is 18.0 Å². The van der Waals surface area contributed by atoms with Crippen molar-refractivity contribution < 1.29 is 21.1 Å². The maximum atomic E-state index is 4.78. The average Bonchev–Trinajstić information content (AvgIpc) is 3.05. The largest absolute Gasteiger partial charge is 2.00 e. The predicted molar refractivity (Wildman–Crippen MR) is 196 cm³/mol. The van der Waals surface area contributed by atoms with Crippen LogP contribution in [0.2, 0.25) is 19.6 Å². The molecule has 0 bridgehead atoms. The molecule has 0 unspecified atom stereocenters. The van der Waals surface area contributed by atoms with Crippen molar-refractivity contribution in [3.8, 4) is 33.6 Å². The molecule has 0 saturated carbocycles. The quantitative estimate of drug-likeness (QED) is 0.113. The molecule has 6 aromatic rings. The number of hydrogen-bond donors (Lipinski definition) is 0. The number of aromatic nitrogens is 2. The summed E-state index contributed by atoms with van der Waals surface area (Å²) in [6, 6.07) is 49.0. The average molecular weight is 811 g/mol. The minimum atomic E-state index is -1.28. The zero-order chi connectivity index (χ0) is 32.3. The van der Waals surface area contributed by atoms with Crippen molar-refractivity contribution in [3.05, 3.63) is 151 Å². The van der Waals surface area contributed by atoms with Crippen LogP contribution < -0.4 is 4.90 Å². The van der Waals surface area contributed by atoms with E-state index in [2.05, 4.69) is 155 Å². The molecule has 2 heterocycles. The van der Waals surface area contributed by atoms with Gasteiger partial charge in [0.2, 0.25) is 0 Å². The second-order valence-electron chi connectivity index (χ2n) is 14.1. The Kier molecular flexibility index (Phi) is 10.4. The number of rotatable bonds is 8. The van der Waals surface area contributed by atoms with Gasteiger partial charge >= 0.3 is 21.1 Å².